The minimum absolute atomic E-state index is 1.16. The Balaban J connectivity index is 1.86. The van der Waals surface area contributed by atoms with E-state index in [1.807, 2.05) is 11.3 Å². The van der Waals surface area contributed by atoms with Crippen molar-refractivity contribution in [3.8, 4) is 0 Å². The summed E-state index contributed by atoms with van der Waals surface area (Å²) in [6.07, 6.45) is 0. The molecule has 6 aromatic rings. The summed E-state index contributed by atoms with van der Waals surface area (Å²) >= 11 is 5.65. The van der Waals surface area contributed by atoms with Crippen LogP contribution in [0, 0.1) is 0 Å². The van der Waals surface area contributed by atoms with Crippen LogP contribution in [0.1, 0.15) is 0 Å². The molecule has 0 spiro atoms. The van der Waals surface area contributed by atoms with Crippen LogP contribution in [0.5, 0.6) is 0 Å². The molecule has 2 aromatic heterocycles. The number of hydrogen-bond donors (Lipinski definition) is 1. The quantitative estimate of drug-likeness (QED) is 0.269. The number of benzene rings is 4. The summed E-state index contributed by atoms with van der Waals surface area (Å²) in [5, 5.41) is 7.85. The van der Waals surface area contributed by atoms with E-state index in [0.717, 1.165) is 4.47 Å². The highest BCUT2D eigenvalue weighted by Gasteiger charge is 2.13. The summed E-state index contributed by atoms with van der Waals surface area (Å²) in [6.45, 7) is 0. The average molecular weight is 402 g/mol. The van der Waals surface area contributed by atoms with Gasteiger partial charge in [0.2, 0.25) is 0 Å². The number of thiophene rings is 1. The van der Waals surface area contributed by atoms with Crippen molar-refractivity contribution in [2.45, 2.75) is 0 Å². The molecular formula is C22H12BrNS. The Morgan fingerprint density at radius 3 is 2.28 bits per heavy atom. The molecule has 118 valence electrons. The van der Waals surface area contributed by atoms with E-state index in [9.17, 15) is 0 Å². The Hall–Kier alpha value is -2.36. The number of nitrogens with one attached hydrogen (secondary N) is 1. The normalized spacial score (nSPS) is 12.2. The van der Waals surface area contributed by atoms with Gasteiger partial charge in [0.05, 0.1) is 0 Å². The number of aromatic amines is 1. The van der Waals surface area contributed by atoms with Crippen LogP contribution >= 0.6 is 27.3 Å². The van der Waals surface area contributed by atoms with Crippen molar-refractivity contribution >= 4 is 80.0 Å². The van der Waals surface area contributed by atoms with Crippen LogP contribution < -0.4 is 0 Å². The number of halogens is 1. The van der Waals surface area contributed by atoms with Gasteiger partial charge in [-0.3, -0.25) is 0 Å². The first-order valence-corrected chi connectivity index (χ1v) is 9.84. The van der Waals surface area contributed by atoms with Crippen molar-refractivity contribution in [2.75, 3.05) is 0 Å². The second kappa shape index (κ2) is 4.84. The maximum absolute atomic E-state index is 3.77. The molecule has 0 fully saturated rings. The molecule has 0 aliphatic carbocycles. The van der Waals surface area contributed by atoms with Gasteiger partial charge in [-0.15, -0.1) is 11.3 Å². The average Bonchev–Trinajstić information content (AvgIpc) is 3.18. The monoisotopic (exact) mass is 401 g/mol. The van der Waals surface area contributed by atoms with Gasteiger partial charge in [-0.25, -0.2) is 0 Å². The van der Waals surface area contributed by atoms with E-state index in [4.69, 9.17) is 0 Å². The van der Waals surface area contributed by atoms with E-state index in [2.05, 4.69) is 87.6 Å². The predicted octanol–water partition coefficient (Wildman–Crippen LogP) is 7.60. The Morgan fingerprint density at radius 1 is 0.640 bits per heavy atom. The summed E-state index contributed by atoms with van der Waals surface area (Å²) in [5.41, 5.74) is 2.41. The molecule has 3 heteroatoms. The first-order chi connectivity index (χ1) is 12.3. The number of rotatable bonds is 0. The topological polar surface area (TPSA) is 15.8 Å². The lowest BCUT2D eigenvalue weighted by Crippen LogP contribution is -1.75. The summed E-state index contributed by atoms with van der Waals surface area (Å²) in [5.74, 6) is 0. The van der Waals surface area contributed by atoms with Crippen molar-refractivity contribution < 1.29 is 0 Å². The zero-order valence-corrected chi connectivity index (χ0v) is 15.5. The fraction of sp³-hybridized carbons (Fsp3) is 0. The minimum Gasteiger partial charge on any atom is -0.354 e. The molecule has 0 atom stereocenters. The van der Waals surface area contributed by atoms with Gasteiger partial charge in [-0.2, -0.15) is 0 Å². The van der Waals surface area contributed by atoms with Gasteiger partial charge in [0.15, 0.2) is 0 Å². The summed E-state index contributed by atoms with van der Waals surface area (Å²) in [7, 11) is 0. The van der Waals surface area contributed by atoms with Crippen LogP contribution in [0.2, 0.25) is 0 Å². The standard InChI is InChI=1S/C22H12BrNS/c23-18-10-17-16-9-15-13-6-3-4-8-19(13)24-20(15)11-21(16)25-22(17)14-7-2-1-5-12(14)18/h1-11,24H. The fourth-order valence-corrected chi connectivity index (χ4v) is 5.71. The molecule has 0 radical (unpaired) electrons. The zero-order chi connectivity index (χ0) is 16.5. The Labute approximate surface area is 156 Å². The molecule has 0 bridgehead atoms. The maximum Gasteiger partial charge on any atom is 0.0479 e. The lowest BCUT2D eigenvalue weighted by molar-refractivity contribution is 1.56. The Bertz CT molecular complexity index is 1460. The number of aromatic nitrogens is 1. The zero-order valence-electron chi connectivity index (χ0n) is 13.1. The van der Waals surface area contributed by atoms with E-state index in [0.29, 0.717) is 0 Å². The van der Waals surface area contributed by atoms with Gasteiger partial charge in [0.1, 0.15) is 0 Å². The van der Waals surface area contributed by atoms with Gasteiger partial charge in [-0.1, -0.05) is 58.4 Å². The predicted molar refractivity (Wildman–Crippen MR) is 114 cm³/mol. The first kappa shape index (κ1) is 13.9. The minimum atomic E-state index is 1.16. The Morgan fingerprint density at radius 2 is 1.40 bits per heavy atom. The van der Waals surface area contributed by atoms with E-state index < -0.39 is 0 Å². The van der Waals surface area contributed by atoms with Gasteiger partial charge < -0.3 is 4.98 Å². The molecule has 6 rings (SSSR count). The highest BCUT2D eigenvalue weighted by molar-refractivity contribution is 9.10. The van der Waals surface area contributed by atoms with E-state index in [1.165, 1.54) is 52.8 Å². The van der Waals surface area contributed by atoms with Gasteiger partial charge in [0, 0.05) is 51.8 Å². The molecular weight excluding hydrogens is 390 g/mol. The molecule has 0 amide bonds. The summed E-state index contributed by atoms with van der Waals surface area (Å²) in [6, 6.07) is 24.1. The number of H-pyrrole nitrogens is 1. The molecule has 25 heavy (non-hydrogen) atoms. The molecule has 1 nitrogen and oxygen atoms in total. The molecule has 0 saturated heterocycles. The van der Waals surface area contributed by atoms with Crippen LogP contribution in [-0.2, 0) is 0 Å². The molecule has 0 aliphatic heterocycles. The molecule has 1 N–H and O–H groups in total. The number of para-hydroxylation sites is 1. The highest BCUT2D eigenvalue weighted by Crippen LogP contribution is 2.43. The third kappa shape index (κ3) is 1.82. The summed E-state index contributed by atoms with van der Waals surface area (Å²) < 4.78 is 3.86. The van der Waals surface area contributed by atoms with Crippen LogP contribution in [0.4, 0.5) is 0 Å². The van der Waals surface area contributed by atoms with E-state index >= 15 is 0 Å². The molecule has 0 saturated carbocycles. The lowest BCUT2D eigenvalue weighted by Gasteiger charge is -2.02. The van der Waals surface area contributed by atoms with Crippen molar-refractivity contribution in [1.29, 1.82) is 0 Å². The SMILES string of the molecule is Brc1cc2c3cc4c(cc3sc2c2ccccc12)[nH]c1ccccc14. The number of hydrogen-bond acceptors (Lipinski definition) is 1. The van der Waals surface area contributed by atoms with Gasteiger partial charge in [-0.05, 0) is 29.7 Å². The van der Waals surface area contributed by atoms with Gasteiger partial charge >= 0.3 is 0 Å². The number of fused-ring (bicyclic) bond motifs is 8. The molecule has 0 aliphatic rings. The lowest BCUT2D eigenvalue weighted by atomic mass is 10.0. The van der Waals surface area contributed by atoms with Crippen LogP contribution in [0.25, 0.3) is 52.8 Å². The second-order valence-corrected chi connectivity index (χ2v) is 8.35. The Kier molecular flexibility index (Phi) is 2.69. The smallest absolute Gasteiger partial charge is 0.0479 e. The van der Waals surface area contributed by atoms with Crippen molar-refractivity contribution in [2.24, 2.45) is 0 Å². The van der Waals surface area contributed by atoms with E-state index in [1.54, 1.807) is 0 Å². The summed E-state index contributed by atoms with van der Waals surface area (Å²) in [4.78, 5) is 3.56. The third-order valence-electron chi connectivity index (χ3n) is 5.05. The van der Waals surface area contributed by atoms with Crippen molar-refractivity contribution in [1.82, 2.24) is 4.98 Å². The molecule has 0 unspecified atom stereocenters. The first-order valence-electron chi connectivity index (χ1n) is 8.23. The largest absolute Gasteiger partial charge is 0.354 e. The molecule has 4 aromatic carbocycles. The van der Waals surface area contributed by atoms with E-state index in [-0.39, 0.29) is 0 Å². The maximum atomic E-state index is 3.77. The van der Waals surface area contributed by atoms with Crippen molar-refractivity contribution in [3.05, 3.63) is 71.2 Å². The fourth-order valence-electron chi connectivity index (χ4n) is 3.90. The van der Waals surface area contributed by atoms with Gasteiger partial charge in [0.25, 0.3) is 0 Å². The van der Waals surface area contributed by atoms with Crippen LogP contribution in [-0.4, -0.2) is 4.98 Å². The molecule has 2 heterocycles. The van der Waals surface area contributed by atoms with Crippen LogP contribution in [0.15, 0.2) is 71.2 Å². The highest BCUT2D eigenvalue weighted by atomic mass is 79.9. The third-order valence-corrected chi connectivity index (χ3v) is 6.91. The second-order valence-electron chi connectivity index (χ2n) is 6.45. The van der Waals surface area contributed by atoms with Crippen molar-refractivity contribution in [3.63, 3.8) is 0 Å². The van der Waals surface area contributed by atoms with Crippen LogP contribution in [0.3, 0.4) is 0 Å².